The van der Waals surface area contributed by atoms with Gasteiger partial charge in [0.1, 0.15) is 24.6 Å². The molecular formula is C27H32NO5+. The van der Waals surface area contributed by atoms with Gasteiger partial charge < -0.3 is 9.84 Å². The van der Waals surface area contributed by atoms with Crippen molar-refractivity contribution in [3.63, 3.8) is 0 Å². The van der Waals surface area contributed by atoms with Crippen molar-refractivity contribution in [2.45, 2.75) is 57.0 Å². The van der Waals surface area contributed by atoms with Crippen LogP contribution in [-0.2, 0) is 24.8 Å². The normalized spacial score (nSPS) is 27.0. The largest absolute Gasteiger partial charge is 0.453 e. The van der Waals surface area contributed by atoms with Crippen molar-refractivity contribution in [2.24, 2.45) is 5.92 Å². The monoisotopic (exact) mass is 450 g/mol. The van der Waals surface area contributed by atoms with Crippen LogP contribution in [0.2, 0.25) is 0 Å². The van der Waals surface area contributed by atoms with Gasteiger partial charge in [-0.2, -0.15) is 9.48 Å². The SMILES string of the molecule is CC(C)(C)O[N+]12CCC(CC1)C(OC(=O)C(O)(c1ccccc1)c1ccccc1)[C@@H]2C=C=O. The van der Waals surface area contributed by atoms with E-state index in [0.717, 1.165) is 25.9 Å². The highest BCUT2D eigenvalue weighted by Crippen LogP contribution is 2.44. The van der Waals surface area contributed by atoms with E-state index in [0.29, 0.717) is 11.1 Å². The molecule has 3 saturated heterocycles. The lowest BCUT2D eigenvalue weighted by molar-refractivity contribution is -1.14. The topological polar surface area (TPSA) is 72.8 Å². The van der Waals surface area contributed by atoms with E-state index in [1.54, 1.807) is 48.5 Å². The second kappa shape index (κ2) is 8.88. The minimum Gasteiger partial charge on any atom is -0.453 e. The summed E-state index contributed by atoms with van der Waals surface area (Å²) in [6, 6.07) is 17.1. The van der Waals surface area contributed by atoms with Gasteiger partial charge in [-0.3, -0.25) is 0 Å². The number of aliphatic hydroxyl groups is 1. The van der Waals surface area contributed by atoms with Crippen LogP contribution in [0.25, 0.3) is 0 Å². The number of ether oxygens (including phenoxy) is 1. The standard InChI is InChI=1S/C27H32NO5/c1-26(2,3)33-28-17-14-20(15-18-28)24(23(28)16-19-29)32-25(30)27(31,21-10-6-4-7-11-21)22-12-8-5-9-13-22/h4-13,16,20,23-24,31H,14-15,17-18H2,1-3H3/q+1/t20?,23-,24?,28?/m0/s1. The van der Waals surface area contributed by atoms with Gasteiger partial charge in [-0.05, 0) is 31.9 Å². The predicted octanol–water partition coefficient (Wildman–Crippen LogP) is 3.56. The van der Waals surface area contributed by atoms with Crippen LogP contribution in [0.5, 0.6) is 0 Å². The van der Waals surface area contributed by atoms with E-state index in [1.165, 1.54) is 6.08 Å². The average molecular weight is 451 g/mol. The molecule has 0 radical (unpaired) electrons. The van der Waals surface area contributed by atoms with Crippen LogP contribution in [-0.4, -0.2) is 52.5 Å². The summed E-state index contributed by atoms with van der Waals surface area (Å²) < 4.78 is 6.33. The van der Waals surface area contributed by atoms with Crippen molar-refractivity contribution in [1.29, 1.82) is 0 Å². The number of esters is 1. The highest BCUT2D eigenvalue weighted by Gasteiger charge is 2.59. The molecule has 6 nitrogen and oxygen atoms in total. The van der Waals surface area contributed by atoms with Crippen LogP contribution >= 0.6 is 0 Å². The molecule has 2 bridgehead atoms. The van der Waals surface area contributed by atoms with Crippen molar-refractivity contribution in [3.05, 3.63) is 77.9 Å². The van der Waals surface area contributed by atoms with E-state index >= 15 is 0 Å². The number of hydrogen-bond acceptors (Lipinski definition) is 5. The fraction of sp³-hybridized carbons (Fsp3) is 0.444. The summed E-state index contributed by atoms with van der Waals surface area (Å²) in [5.41, 5.74) is -1.55. The fourth-order valence-electron chi connectivity index (χ4n) is 5.33. The molecule has 3 aliphatic heterocycles. The second-order valence-corrected chi connectivity index (χ2v) is 10.0. The summed E-state index contributed by atoms with van der Waals surface area (Å²) in [5, 5.41) is 11.8. The molecule has 33 heavy (non-hydrogen) atoms. The van der Waals surface area contributed by atoms with Crippen LogP contribution in [0.1, 0.15) is 44.7 Å². The Labute approximate surface area is 195 Å². The summed E-state index contributed by atoms with van der Waals surface area (Å²) in [7, 11) is 0. The van der Waals surface area contributed by atoms with Crippen molar-refractivity contribution in [2.75, 3.05) is 13.1 Å². The van der Waals surface area contributed by atoms with E-state index in [9.17, 15) is 14.7 Å². The predicted molar refractivity (Wildman–Crippen MR) is 123 cm³/mol. The molecule has 2 atom stereocenters. The van der Waals surface area contributed by atoms with Crippen molar-refractivity contribution >= 4 is 11.9 Å². The Morgan fingerprint density at radius 2 is 1.52 bits per heavy atom. The summed E-state index contributed by atoms with van der Waals surface area (Å²) in [5.74, 6) is 1.25. The maximum atomic E-state index is 13.7. The number of carbonyl (C=O) groups is 1. The number of fused-ring (bicyclic) bond motifs is 3. The van der Waals surface area contributed by atoms with Crippen LogP contribution in [0.15, 0.2) is 66.7 Å². The number of piperidine rings is 3. The van der Waals surface area contributed by atoms with Gasteiger partial charge in [-0.1, -0.05) is 60.7 Å². The summed E-state index contributed by atoms with van der Waals surface area (Å²) in [4.78, 5) is 31.7. The van der Waals surface area contributed by atoms with Gasteiger partial charge in [0.15, 0.2) is 12.1 Å². The van der Waals surface area contributed by atoms with E-state index in [2.05, 4.69) is 0 Å². The third kappa shape index (κ3) is 4.40. The zero-order valence-corrected chi connectivity index (χ0v) is 19.4. The molecule has 0 aromatic heterocycles. The molecule has 3 heterocycles. The zero-order chi connectivity index (χ0) is 23.7. The molecular weight excluding hydrogens is 418 g/mol. The maximum absolute atomic E-state index is 13.7. The number of nitrogens with zero attached hydrogens (tertiary/aromatic N) is 1. The molecule has 0 amide bonds. The Kier molecular flexibility index (Phi) is 6.30. The number of benzene rings is 2. The molecule has 3 aliphatic rings. The summed E-state index contributed by atoms with van der Waals surface area (Å²) in [6.45, 7) is 7.41. The number of quaternary nitrogens is 1. The first-order valence-corrected chi connectivity index (χ1v) is 11.5. The molecule has 5 rings (SSSR count). The molecule has 1 unspecified atom stereocenters. The number of rotatable bonds is 6. The van der Waals surface area contributed by atoms with Crippen molar-refractivity contribution in [1.82, 2.24) is 0 Å². The molecule has 2 aromatic rings. The Bertz CT molecular complexity index is 976. The van der Waals surface area contributed by atoms with Crippen molar-refractivity contribution < 1.29 is 28.9 Å². The lowest BCUT2D eigenvalue weighted by atomic mass is 9.79. The van der Waals surface area contributed by atoms with Crippen LogP contribution < -0.4 is 0 Å². The molecule has 0 spiro atoms. The maximum Gasteiger partial charge on any atom is 0.348 e. The summed E-state index contributed by atoms with van der Waals surface area (Å²) >= 11 is 0. The fourth-order valence-corrected chi connectivity index (χ4v) is 5.33. The minimum atomic E-state index is -1.97. The van der Waals surface area contributed by atoms with E-state index in [4.69, 9.17) is 9.57 Å². The molecule has 0 aliphatic carbocycles. The third-order valence-electron chi connectivity index (χ3n) is 6.72. The smallest absolute Gasteiger partial charge is 0.348 e. The Balaban J connectivity index is 1.71. The lowest BCUT2D eigenvalue weighted by Gasteiger charge is -2.55. The Morgan fingerprint density at radius 3 is 1.97 bits per heavy atom. The molecule has 6 heteroatoms. The average Bonchev–Trinajstić information content (AvgIpc) is 2.81. The lowest BCUT2D eigenvalue weighted by Crippen LogP contribution is -2.71. The van der Waals surface area contributed by atoms with Gasteiger partial charge >= 0.3 is 5.97 Å². The van der Waals surface area contributed by atoms with Gasteiger partial charge in [0.05, 0.1) is 6.08 Å². The first-order valence-electron chi connectivity index (χ1n) is 11.5. The summed E-state index contributed by atoms with van der Waals surface area (Å²) in [6.07, 6.45) is 2.46. The van der Waals surface area contributed by atoms with Crippen LogP contribution in [0, 0.1) is 5.92 Å². The first-order chi connectivity index (χ1) is 15.7. The number of hydroxylamine groups is 3. The van der Waals surface area contributed by atoms with Gasteiger partial charge in [0.25, 0.3) is 0 Å². The molecule has 2 aromatic carbocycles. The zero-order valence-electron chi connectivity index (χ0n) is 19.4. The Hall–Kier alpha value is -2.76. The first kappa shape index (κ1) is 23.4. The van der Waals surface area contributed by atoms with Gasteiger partial charge in [-0.15, -0.1) is 0 Å². The molecule has 3 fully saturated rings. The quantitative estimate of drug-likeness (QED) is 0.414. The number of hydrogen-bond donors (Lipinski definition) is 1. The highest BCUT2D eigenvalue weighted by atomic mass is 16.7. The van der Waals surface area contributed by atoms with Gasteiger partial charge in [-0.25, -0.2) is 9.59 Å². The van der Waals surface area contributed by atoms with Crippen LogP contribution in [0.3, 0.4) is 0 Å². The van der Waals surface area contributed by atoms with E-state index < -0.39 is 29.3 Å². The Morgan fingerprint density at radius 1 is 1.00 bits per heavy atom. The van der Waals surface area contributed by atoms with Gasteiger partial charge in [0, 0.05) is 18.8 Å². The highest BCUT2D eigenvalue weighted by molar-refractivity contribution is 5.85. The third-order valence-corrected chi connectivity index (χ3v) is 6.72. The van der Waals surface area contributed by atoms with E-state index in [-0.39, 0.29) is 10.6 Å². The number of carbonyl (C=O) groups excluding carboxylic acids is 2. The second-order valence-electron chi connectivity index (χ2n) is 10.0. The van der Waals surface area contributed by atoms with Gasteiger partial charge in [0.2, 0.25) is 5.60 Å². The van der Waals surface area contributed by atoms with Crippen LogP contribution in [0.4, 0.5) is 0 Å². The van der Waals surface area contributed by atoms with E-state index in [1.807, 2.05) is 38.8 Å². The van der Waals surface area contributed by atoms with Crippen molar-refractivity contribution in [3.8, 4) is 0 Å². The molecule has 174 valence electrons. The molecule has 1 N–H and O–H groups in total. The molecule has 0 saturated carbocycles. The minimum absolute atomic E-state index is 0.0860.